The van der Waals surface area contributed by atoms with Gasteiger partial charge in [0.2, 0.25) is 0 Å². The molecule has 0 atom stereocenters. The number of thiazole rings is 1. The molecule has 174 valence electrons. The van der Waals surface area contributed by atoms with Gasteiger partial charge >= 0.3 is 5.97 Å². The van der Waals surface area contributed by atoms with Gasteiger partial charge in [0.15, 0.2) is 0 Å². The number of thiophene rings is 1. The molecule has 0 spiro atoms. The van der Waals surface area contributed by atoms with Crippen molar-refractivity contribution in [3.63, 3.8) is 0 Å². The molecule has 0 radical (unpaired) electrons. The smallest absolute Gasteiger partial charge is 0.320 e. The fourth-order valence-corrected chi connectivity index (χ4v) is 6.78. The highest BCUT2D eigenvalue weighted by Gasteiger charge is 2.24. The summed E-state index contributed by atoms with van der Waals surface area (Å²) in [6, 6.07) is 10.9. The highest BCUT2D eigenvalue weighted by Crippen LogP contribution is 2.34. The lowest BCUT2D eigenvalue weighted by Crippen LogP contribution is -2.26. The Balaban J connectivity index is 1.58. The van der Waals surface area contributed by atoms with Gasteiger partial charge < -0.3 is 9.72 Å². The van der Waals surface area contributed by atoms with Crippen LogP contribution in [0.5, 0.6) is 0 Å². The largest absolute Gasteiger partial charge is 0.465 e. The zero-order valence-corrected chi connectivity index (χ0v) is 20.9. The summed E-state index contributed by atoms with van der Waals surface area (Å²) in [6.45, 7) is 2.93. The third-order valence-corrected chi connectivity index (χ3v) is 9.16. The third kappa shape index (κ3) is 4.96. The molecule has 3 heterocycles. The van der Waals surface area contributed by atoms with Gasteiger partial charge in [-0.1, -0.05) is 18.2 Å². The van der Waals surface area contributed by atoms with Crippen LogP contribution in [0.15, 0.2) is 52.2 Å². The molecule has 0 saturated heterocycles. The van der Waals surface area contributed by atoms with E-state index in [1.165, 1.54) is 27.0 Å². The number of nitrogens with zero attached hydrogens (tertiary/aromatic N) is 3. The molecule has 11 heteroatoms. The Morgan fingerprint density at radius 2 is 2.03 bits per heavy atom. The van der Waals surface area contributed by atoms with E-state index in [2.05, 4.69) is 9.97 Å². The Hall–Kier alpha value is -2.73. The Bertz CT molecular complexity index is 1360. The number of aromatic nitrogens is 2. The predicted octanol–water partition coefficient (Wildman–Crippen LogP) is 4.17. The summed E-state index contributed by atoms with van der Waals surface area (Å²) < 4.78 is 32.6. The van der Waals surface area contributed by atoms with Crippen molar-refractivity contribution in [3.8, 4) is 10.7 Å². The molecule has 1 aromatic carbocycles. The molecule has 4 rings (SSSR count). The van der Waals surface area contributed by atoms with Crippen molar-refractivity contribution >= 4 is 55.3 Å². The number of hydrogen-bond acceptors (Lipinski definition) is 8. The maximum Gasteiger partial charge on any atom is 0.320 e. The number of benzene rings is 1. The monoisotopic (exact) mass is 504 g/mol. The quantitative estimate of drug-likeness (QED) is 0.344. The van der Waals surface area contributed by atoms with Crippen molar-refractivity contribution in [1.82, 2.24) is 14.9 Å². The average molecular weight is 505 g/mol. The van der Waals surface area contributed by atoms with E-state index in [4.69, 9.17) is 4.74 Å². The van der Waals surface area contributed by atoms with Crippen LogP contribution in [0.2, 0.25) is 0 Å². The molecule has 0 fully saturated rings. The first-order chi connectivity index (χ1) is 15.8. The highest BCUT2D eigenvalue weighted by molar-refractivity contribution is 7.94. The standard InChI is InChI=1S/C22H24N4O4S3/c1-4-30-19(27)14-25(2)13-16-12-23-22(32-16)17-11-15-7-5-8-18(21(15)24-17)26(3)33(28,29)20-9-6-10-31-20/h5-12,24H,4,13-14H2,1-3H3. The van der Waals surface area contributed by atoms with Gasteiger partial charge in [-0.15, -0.1) is 22.7 Å². The number of carbonyl (C=O) groups excluding carboxylic acids is 1. The van der Waals surface area contributed by atoms with Gasteiger partial charge in [-0.3, -0.25) is 14.0 Å². The van der Waals surface area contributed by atoms with Crippen molar-refractivity contribution in [2.24, 2.45) is 0 Å². The average Bonchev–Trinajstić information content (AvgIpc) is 3.52. The van der Waals surface area contributed by atoms with E-state index in [1.807, 2.05) is 30.1 Å². The summed E-state index contributed by atoms with van der Waals surface area (Å²) in [5.41, 5.74) is 2.10. The Morgan fingerprint density at radius 3 is 2.76 bits per heavy atom. The van der Waals surface area contributed by atoms with Crippen LogP contribution in [0.1, 0.15) is 11.8 Å². The minimum absolute atomic E-state index is 0.210. The zero-order chi connectivity index (χ0) is 23.6. The second-order valence-electron chi connectivity index (χ2n) is 7.44. The lowest BCUT2D eigenvalue weighted by Gasteiger charge is -2.19. The van der Waals surface area contributed by atoms with Crippen LogP contribution in [-0.2, 0) is 26.1 Å². The van der Waals surface area contributed by atoms with E-state index in [-0.39, 0.29) is 12.5 Å². The number of aromatic amines is 1. The normalized spacial score (nSPS) is 11.9. The van der Waals surface area contributed by atoms with Gasteiger partial charge in [-0.25, -0.2) is 13.4 Å². The molecule has 0 amide bonds. The van der Waals surface area contributed by atoms with Crippen LogP contribution in [-0.4, -0.2) is 56.5 Å². The van der Waals surface area contributed by atoms with Gasteiger partial charge in [-0.05, 0) is 37.6 Å². The van der Waals surface area contributed by atoms with E-state index in [9.17, 15) is 13.2 Å². The number of sulfonamides is 1. The maximum absolute atomic E-state index is 13.0. The lowest BCUT2D eigenvalue weighted by molar-refractivity contribution is -0.144. The van der Waals surface area contributed by atoms with Gasteiger partial charge in [0.1, 0.15) is 9.22 Å². The molecule has 1 N–H and O–H groups in total. The molecule has 0 aliphatic rings. The summed E-state index contributed by atoms with van der Waals surface area (Å²) in [4.78, 5) is 22.4. The Labute approximate surface area is 200 Å². The molecule has 0 aliphatic carbocycles. The zero-order valence-electron chi connectivity index (χ0n) is 18.4. The van der Waals surface area contributed by atoms with Crippen LogP contribution in [0.3, 0.4) is 0 Å². The maximum atomic E-state index is 13.0. The van der Waals surface area contributed by atoms with Crippen LogP contribution in [0.25, 0.3) is 21.6 Å². The summed E-state index contributed by atoms with van der Waals surface area (Å²) in [5.74, 6) is -0.255. The van der Waals surface area contributed by atoms with Crippen LogP contribution < -0.4 is 4.31 Å². The number of carbonyl (C=O) groups is 1. The molecule has 0 unspecified atom stereocenters. The molecule has 33 heavy (non-hydrogen) atoms. The molecular formula is C22H24N4O4S3. The number of likely N-dealkylation sites (N-methyl/N-ethyl adjacent to an activating group) is 1. The molecule has 4 aromatic rings. The van der Waals surface area contributed by atoms with Gasteiger partial charge in [0.25, 0.3) is 10.0 Å². The summed E-state index contributed by atoms with van der Waals surface area (Å²) in [7, 11) is -0.226. The summed E-state index contributed by atoms with van der Waals surface area (Å²) >= 11 is 2.71. The molecule has 0 saturated carbocycles. The van der Waals surface area contributed by atoms with Crippen molar-refractivity contribution in [2.75, 3.05) is 31.6 Å². The third-order valence-electron chi connectivity index (χ3n) is 5.00. The fourth-order valence-electron chi connectivity index (χ4n) is 3.45. The number of hydrogen-bond donors (Lipinski definition) is 1. The number of para-hydroxylation sites is 1. The number of esters is 1. The van der Waals surface area contributed by atoms with Crippen LogP contribution >= 0.6 is 22.7 Å². The number of fused-ring (bicyclic) bond motifs is 1. The minimum atomic E-state index is -3.64. The van der Waals surface area contributed by atoms with Crippen molar-refractivity contribution in [3.05, 3.63) is 52.9 Å². The van der Waals surface area contributed by atoms with Crippen molar-refractivity contribution in [2.45, 2.75) is 17.7 Å². The van der Waals surface area contributed by atoms with E-state index < -0.39 is 10.0 Å². The molecule has 8 nitrogen and oxygen atoms in total. The first-order valence-electron chi connectivity index (χ1n) is 10.2. The van der Waals surface area contributed by atoms with Crippen LogP contribution in [0.4, 0.5) is 5.69 Å². The summed E-state index contributed by atoms with van der Waals surface area (Å²) in [5, 5.41) is 3.44. The van der Waals surface area contributed by atoms with Gasteiger partial charge in [-0.2, -0.15) is 0 Å². The second kappa shape index (κ2) is 9.64. The Morgan fingerprint density at radius 1 is 1.21 bits per heavy atom. The highest BCUT2D eigenvalue weighted by atomic mass is 32.2. The van der Waals surface area contributed by atoms with Gasteiger partial charge in [0.05, 0.1) is 30.0 Å². The van der Waals surface area contributed by atoms with E-state index >= 15 is 0 Å². The molecule has 0 aliphatic heterocycles. The number of nitrogens with one attached hydrogen (secondary N) is 1. The first kappa shape index (κ1) is 23.4. The van der Waals surface area contributed by atoms with Crippen molar-refractivity contribution < 1.29 is 17.9 Å². The lowest BCUT2D eigenvalue weighted by atomic mass is 10.2. The van der Waals surface area contributed by atoms with E-state index in [0.717, 1.165) is 26.5 Å². The second-order valence-corrected chi connectivity index (χ2v) is 11.7. The van der Waals surface area contributed by atoms with E-state index in [0.29, 0.717) is 23.0 Å². The van der Waals surface area contributed by atoms with Crippen LogP contribution in [0, 0.1) is 0 Å². The first-order valence-corrected chi connectivity index (χ1v) is 13.4. The van der Waals surface area contributed by atoms with E-state index in [1.54, 1.807) is 43.7 Å². The van der Waals surface area contributed by atoms with Crippen molar-refractivity contribution in [1.29, 1.82) is 0 Å². The summed E-state index contributed by atoms with van der Waals surface area (Å²) in [6.07, 6.45) is 1.79. The Kier molecular flexibility index (Phi) is 6.84. The molecule has 0 bridgehead atoms. The molecule has 3 aromatic heterocycles. The van der Waals surface area contributed by atoms with Gasteiger partial charge in [0, 0.05) is 30.1 Å². The number of rotatable bonds is 9. The topological polar surface area (TPSA) is 95.6 Å². The SMILES string of the molecule is CCOC(=O)CN(C)Cc1cnc(-c2cc3cccc(N(C)S(=O)(=O)c4cccs4)c3[nH]2)s1. The number of H-pyrrole nitrogens is 1. The molecular weight excluding hydrogens is 480 g/mol. The minimum Gasteiger partial charge on any atom is -0.465 e. The predicted molar refractivity (Wildman–Crippen MR) is 132 cm³/mol. The number of anilines is 1. The number of ether oxygens (including phenoxy) is 1. The fraction of sp³-hybridized carbons (Fsp3) is 0.273.